The van der Waals surface area contributed by atoms with Gasteiger partial charge in [-0.1, -0.05) is 45.0 Å². The molecule has 84 valence electrons. The predicted molar refractivity (Wildman–Crippen MR) is 60.5 cm³/mol. The van der Waals surface area contributed by atoms with Gasteiger partial charge >= 0.3 is 0 Å². The van der Waals surface area contributed by atoms with Crippen molar-refractivity contribution in [2.75, 3.05) is 6.67 Å². The van der Waals surface area contributed by atoms with Crippen molar-refractivity contribution in [3.05, 3.63) is 35.4 Å². The summed E-state index contributed by atoms with van der Waals surface area (Å²) in [6, 6.07) is 7.51. The van der Waals surface area contributed by atoms with Gasteiger partial charge in [0.05, 0.1) is 13.3 Å². The van der Waals surface area contributed by atoms with E-state index < -0.39 is 0 Å². The van der Waals surface area contributed by atoms with Gasteiger partial charge in [-0.2, -0.15) is 0 Å². The molecule has 0 saturated heterocycles. The predicted octanol–water partition coefficient (Wildman–Crippen LogP) is 3.28. The van der Waals surface area contributed by atoms with E-state index in [-0.39, 0.29) is 24.6 Å². The van der Waals surface area contributed by atoms with Crippen LogP contribution < -0.4 is 0 Å². The number of aliphatic hydroxyl groups is 1. The van der Waals surface area contributed by atoms with Gasteiger partial charge in [0.1, 0.15) is 0 Å². The fourth-order valence-corrected chi connectivity index (χ4v) is 1.80. The van der Waals surface area contributed by atoms with Crippen LogP contribution >= 0.6 is 0 Å². The van der Waals surface area contributed by atoms with Gasteiger partial charge < -0.3 is 5.11 Å². The highest BCUT2D eigenvalue weighted by atomic mass is 19.1. The minimum atomic E-state index is -0.388. The Morgan fingerprint density at radius 1 is 1.27 bits per heavy atom. The SMILES string of the molecule is CC(C)(C)C(CF)c1ccccc1CO. The van der Waals surface area contributed by atoms with Crippen molar-refractivity contribution in [2.45, 2.75) is 33.3 Å². The molecule has 0 radical (unpaired) electrons. The first-order chi connectivity index (χ1) is 7.00. The number of hydrogen-bond acceptors (Lipinski definition) is 1. The van der Waals surface area contributed by atoms with E-state index in [9.17, 15) is 9.50 Å². The average molecular weight is 210 g/mol. The molecule has 1 aromatic rings. The Bertz CT molecular complexity index is 315. The second kappa shape index (κ2) is 4.75. The van der Waals surface area contributed by atoms with E-state index in [1.807, 2.05) is 45.0 Å². The fraction of sp³-hybridized carbons (Fsp3) is 0.538. The van der Waals surface area contributed by atoms with Crippen molar-refractivity contribution >= 4 is 0 Å². The standard InChI is InChI=1S/C13H19FO/c1-13(2,3)12(8-14)11-7-5-4-6-10(11)9-15/h4-7,12,15H,8-9H2,1-3H3. The van der Waals surface area contributed by atoms with Crippen LogP contribution in [0.25, 0.3) is 0 Å². The van der Waals surface area contributed by atoms with Crippen LogP contribution in [0.2, 0.25) is 0 Å². The highest BCUT2D eigenvalue weighted by Crippen LogP contribution is 2.36. The van der Waals surface area contributed by atoms with Gasteiger partial charge in [-0.05, 0) is 16.5 Å². The van der Waals surface area contributed by atoms with E-state index in [2.05, 4.69) is 0 Å². The number of benzene rings is 1. The van der Waals surface area contributed by atoms with E-state index >= 15 is 0 Å². The number of rotatable bonds is 3. The molecule has 0 bridgehead atoms. The van der Waals surface area contributed by atoms with Crippen LogP contribution in [0, 0.1) is 5.41 Å². The zero-order chi connectivity index (χ0) is 11.5. The maximum absolute atomic E-state index is 13.1. The molecule has 2 heteroatoms. The fourth-order valence-electron chi connectivity index (χ4n) is 1.80. The molecule has 0 spiro atoms. The lowest BCUT2D eigenvalue weighted by Gasteiger charge is -2.30. The van der Waals surface area contributed by atoms with Crippen LogP contribution in [0.1, 0.15) is 37.8 Å². The van der Waals surface area contributed by atoms with E-state index in [0.29, 0.717) is 0 Å². The molecule has 1 N–H and O–H groups in total. The van der Waals surface area contributed by atoms with E-state index in [0.717, 1.165) is 11.1 Å². The van der Waals surface area contributed by atoms with Gasteiger partial charge in [-0.25, -0.2) is 0 Å². The molecule has 0 aromatic heterocycles. The Kier molecular flexibility index (Phi) is 3.86. The Hall–Kier alpha value is -0.890. The van der Waals surface area contributed by atoms with Crippen LogP contribution in [0.5, 0.6) is 0 Å². The van der Waals surface area contributed by atoms with E-state index in [1.165, 1.54) is 0 Å². The monoisotopic (exact) mass is 210 g/mol. The normalized spacial score (nSPS) is 13.9. The van der Waals surface area contributed by atoms with Crippen molar-refractivity contribution in [1.82, 2.24) is 0 Å². The number of alkyl halides is 1. The van der Waals surface area contributed by atoms with Gasteiger partial charge in [0.25, 0.3) is 0 Å². The maximum atomic E-state index is 13.1. The summed E-state index contributed by atoms with van der Waals surface area (Å²) in [5, 5.41) is 9.21. The minimum absolute atomic E-state index is 0.0250. The van der Waals surface area contributed by atoms with Crippen LogP contribution in [-0.2, 0) is 6.61 Å². The molecule has 0 aliphatic heterocycles. The average Bonchev–Trinajstić information content (AvgIpc) is 2.17. The molecule has 1 nitrogen and oxygen atoms in total. The number of hydrogen-bond donors (Lipinski definition) is 1. The Morgan fingerprint density at radius 2 is 1.87 bits per heavy atom. The molecule has 0 heterocycles. The Labute approximate surface area is 90.9 Å². The second-order valence-corrected chi connectivity index (χ2v) is 4.93. The summed E-state index contributed by atoms with van der Waals surface area (Å²) in [6.07, 6.45) is 0. The van der Waals surface area contributed by atoms with E-state index in [1.54, 1.807) is 0 Å². The van der Waals surface area contributed by atoms with Crippen molar-refractivity contribution in [3.8, 4) is 0 Å². The largest absolute Gasteiger partial charge is 0.392 e. The van der Waals surface area contributed by atoms with Gasteiger partial charge in [-0.3, -0.25) is 4.39 Å². The zero-order valence-electron chi connectivity index (χ0n) is 9.63. The summed E-state index contributed by atoms with van der Waals surface area (Å²) in [5.41, 5.74) is 1.63. The van der Waals surface area contributed by atoms with Crippen molar-refractivity contribution < 1.29 is 9.50 Å². The van der Waals surface area contributed by atoms with Crippen molar-refractivity contribution in [1.29, 1.82) is 0 Å². The molecular weight excluding hydrogens is 191 g/mol. The first-order valence-corrected chi connectivity index (χ1v) is 5.25. The van der Waals surface area contributed by atoms with Gasteiger partial charge in [-0.15, -0.1) is 0 Å². The summed E-state index contributed by atoms with van der Waals surface area (Å²) in [5.74, 6) is -0.152. The molecule has 15 heavy (non-hydrogen) atoms. The second-order valence-electron chi connectivity index (χ2n) is 4.93. The summed E-state index contributed by atoms with van der Waals surface area (Å²) in [4.78, 5) is 0. The minimum Gasteiger partial charge on any atom is -0.392 e. The third kappa shape index (κ3) is 2.78. The first-order valence-electron chi connectivity index (χ1n) is 5.25. The topological polar surface area (TPSA) is 20.2 Å². The third-order valence-corrected chi connectivity index (χ3v) is 2.80. The molecule has 1 unspecified atom stereocenters. The zero-order valence-corrected chi connectivity index (χ0v) is 9.63. The molecule has 1 atom stereocenters. The number of halogens is 1. The molecule has 1 aromatic carbocycles. The molecule has 0 fully saturated rings. The molecule has 0 aliphatic carbocycles. The molecular formula is C13H19FO. The first kappa shape index (κ1) is 12.2. The van der Waals surface area contributed by atoms with Crippen LogP contribution in [0.4, 0.5) is 4.39 Å². The summed E-state index contributed by atoms with van der Waals surface area (Å²) >= 11 is 0. The summed E-state index contributed by atoms with van der Waals surface area (Å²) in [7, 11) is 0. The van der Waals surface area contributed by atoms with Gasteiger partial charge in [0.15, 0.2) is 0 Å². The molecule has 0 amide bonds. The molecule has 1 rings (SSSR count). The lowest BCUT2D eigenvalue weighted by atomic mass is 9.76. The lowest BCUT2D eigenvalue weighted by Crippen LogP contribution is -2.21. The summed E-state index contributed by atoms with van der Waals surface area (Å²) in [6.45, 7) is 5.64. The van der Waals surface area contributed by atoms with Gasteiger partial charge in [0.2, 0.25) is 0 Å². The van der Waals surface area contributed by atoms with Crippen LogP contribution in [-0.4, -0.2) is 11.8 Å². The molecule has 0 aliphatic rings. The van der Waals surface area contributed by atoms with Gasteiger partial charge in [0, 0.05) is 5.92 Å². The molecule has 0 saturated carbocycles. The highest BCUT2D eigenvalue weighted by molar-refractivity contribution is 5.31. The lowest BCUT2D eigenvalue weighted by molar-refractivity contribution is 0.249. The Morgan fingerprint density at radius 3 is 2.33 bits per heavy atom. The maximum Gasteiger partial charge on any atom is 0.0968 e. The number of aliphatic hydroxyl groups excluding tert-OH is 1. The van der Waals surface area contributed by atoms with Crippen molar-refractivity contribution in [3.63, 3.8) is 0 Å². The van der Waals surface area contributed by atoms with E-state index in [4.69, 9.17) is 0 Å². The third-order valence-electron chi connectivity index (χ3n) is 2.80. The van der Waals surface area contributed by atoms with Crippen LogP contribution in [0.15, 0.2) is 24.3 Å². The Balaban J connectivity index is 3.12. The smallest absolute Gasteiger partial charge is 0.0968 e. The summed E-state index contributed by atoms with van der Waals surface area (Å²) < 4.78 is 13.1. The quantitative estimate of drug-likeness (QED) is 0.811. The highest BCUT2D eigenvalue weighted by Gasteiger charge is 2.27. The van der Waals surface area contributed by atoms with Crippen molar-refractivity contribution in [2.24, 2.45) is 5.41 Å². The van der Waals surface area contributed by atoms with Crippen LogP contribution in [0.3, 0.4) is 0 Å².